The van der Waals surface area contributed by atoms with Crippen LogP contribution in [0.2, 0.25) is 0 Å². The summed E-state index contributed by atoms with van der Waals surface area (Å²) in [4.78, 5) is 4.25. The largest absolute Gasteiger partial charge is 0.493 e. The molecule has 0 radical (unpaired) electrons. The molecule has 27 heavy (non-hydrogen) atoms. The summed E-state index contributed by atoms with van der Waals surface area (Å²) >= 11 is 0. The highest BCUT2D eigenvalue weighted by Gasteiger charge is 2.13. The highest BCUT2D eigenvalue weighted by Crippen LogP contribution is 2.31. The Kier molecular flexibility index (Phi) is 6.68. The van der Waals surface area contributed by atoms with Gasteiger partial charge in [-0.05, 0) is 49.1 Å². The quantitative estimate of drug-likeness (QED) is 0.743. The first-order chi connectivity index (χ1) is 13.2. The van der Waals surface area contributed by atoms with Gasteiger partial charge in [0.2, 0.25) is 5.88 Å². The molecule has 0 atom stereocenters. The molecule has 2 heterocycles. The molecule has 1 saturated heterocycles. The van der Waals surface area contributed by atoms with Crippen molar-refractivity contribution in [2.45, 2.75) is 19.4 Å². The fourth-order valence-corrected chi connectivity index (χ4v) is 3.02. The van der Waals surface area contributed by atoms with Crippen molar-refractivity contribution in [3.63, 3.8) is 0 Å². The molecule has 3 rings (SSSR count). The van der Waals surface area contributed by atoms with Gasteiger partial charge in [-0.2, -0.15) is 0 Å². The average molecular weight is 369 g/mol. The Balaban J connectivity index is 1.58. The second-order valence-corrected chi connectivity index (χ2v) is 6.68. The number of nitrogens with one attached hydrogen (secondary N) is 1. The Morgan fingerprint density at radius 2 is 2.07 bits per heavy atom. The van der Waals surface area contributed by atoms with Crippen molar-refractivity contribution < 1.29 is 14.2 Å². The smallest absolute Gasteiger partial charge is 0.219 e. The molecule has 1 aliphatic rings. The molecule has 6 heteroatoms. The second kappa shape index (κ2) is 9.39. The number of hydrogen-bond donors (Lipinski definition) is 2. The predicted molar refractivity (Wildman–Crippen MR) is 106 cm³/mol. The molecule has 144 valence electrons. The molecule has 1 aromatic heterocycles. The number of pyridine rings is 1. The predicted octanol–water partition coefficient (Wildman–Crippen LogP) is 3.33. The highest BCUT2D eigenvalue weighted by molar-refractivity contribution is 5.59. The van der Waals surface area contributed by atoms with E-state index in [9.17, 15) is 0 Å². The van der Waals surface area contributed by atoms with Gasteiger partial charge in [0.1, 0.15) is 0 Å². The van der Waals surface area contributed by atoms with Crippen LogP contribution >= 0.6 is 0 Å². The third kappa shape index (κ3) is 5.45. The van der Waals surface area contributed by atoms with E-state index in [0.29, 0.717) is 29.0 Å². The van der Waals surface area contributed by atoms with Gasteiger partial charge < -0.3 is 25.3 Å². The minimum Gasteiger partial charge on any atom is -0.493 e. The Labute approximate surface area is 160 Å². The van der Waals surface area contributed by atoms with Crippen LogP contribution in [0, 0.1) is 5.92 Å². The lowest BCUT2D eigenvalue weighted by molar-refractivity contribution is 0.0662. The van der Waals surface area contributed by atoms with Gasteiger partial charge in [-0.15, -0.1) is 0 Å². The van der Waals surface area contributed by atoms with Crippen LogP contribution in [0.1, 0.15) is 24.0 Å². The molecule has 1 aromatic carbocycles. The van der Waals surface area contributed by atoms with Crippen LogP contribution in [-0.4, -0.2) is 31.9 Å². The first-order valence-corrected chi connectivity index (χ1v) is 9.19. The zero-order valence-electron chi connectivity index (χ0n) is 15.7. The summed E-state index contributed by atoms with van der Waals surface area (Å²) in [5, 5.41) is 3.52. The van der Waals surface area contributed by atoms with Crippen LogP contribution < -0.4 is 20.5 Å². The molecule has 3 N–H and O–H groups in total. The molecule has 6 nitrogen and oxygen atoms in total. The Bertz CT molecular complexity index is 756. The summed E-state index contributed by atoms with van der Waals surface area (Å²) in [5.41, 5.74) is 8.06. The van der Waals surface area contributed by atoms with Crippen molar-refractivity contribution in [1.29, 1.82) is 0 Å². The van der Waals surface area contributed by atoms with Gasteiger partial charge in [0.15, 0.2) is 11.5 Å². The van der Waals surface area contributed by atoms with E-state index in [1.165, 1.54) is 0 Å². The number of nitrogens with two attached hydrogens (primary N) is 1. The van der Waals surface area contributed by atoms with E-state index in [1.807, 2.05) is 24.3 Å². The van der Waals surface area contributed by atoms with E-state index in [-0.39, 0.29) is 0 Å². The summed E-state index contributed by atoms with van der Waals surface area (Å²) in [6, 6.07) is 9.51. The van der Waals surface area contributed by atoms with Crippen molar-refractivity contribution in [3.8, 4) is 17.4 Å². The number of aromatic nitrogens is 1. The monoisotopic (exact) mass is 369 g/mol. The van der Waals surface area contributed by atoms with Gasteiger partial charge in [-0.1, -0.05) is 12.6 Å². The van der Waals surface area contributed by atoms with E-state index in [4.69, 9.17) is 19.9 Å². The number of hydrogen-bond acceptors (Lipinski definition) is 6. The van der Waals surface area contributed by atoms with Crippen LogP contribution in [0.25, 0.3) is 5.70 Å². The van der Waals surface area contributed by atoms with Gasteiger partial charge in [0.25, 0.3) is 0 Å². The second-order valence-electron chi connectivity index (χ2n) is 6.68. The van der Waals surface area contributed by atoms with Crippen LogP contribution in [0.4, 0.5) is 0 Å². The molecule has 0 saturated carbocycles. The van der Waals surface area contributed by atoms with Crippen LogP contribution in [0.3, 0.4) is 0 Å². The van der Waals surface area contributed by atoms with Crippen LogP contribution in [0.5, 0.6) is 17.4 Å². The maximum Gasteiger partial charge on any atom is 0.219 e. The van der Waals surface area contributed by atoms with Gasteiger partial charge in [-0.25, -0.2) is 4.98 Å². The molecule has 1 aliphatic heterocycles. The first kappa shape index (κ1) is 19.2. The lowest BCUT2D eigenvalue weighted by atomic mass is 10.0. The molecule has 0 aliphatic carbocycles. The highest BCUT2D eigenvalue weighted by atomic mass is 16.5. The summed E-state index contributed by atoms with van der Waals surface area (Å²) < 4.78 is 16.7. The maximum absolute atomic E-state index is 5.85. The molecular weight excluding hydrogens is 342 g/mol. The van der Waals surface area contributed by atoms with Gasteiger partial charge >= 0.3 is 0 Å². The summed E-state index contributed by atoms with van der Waals surface area (Å²) in [5.74, 6) is 2.47. The number of methoxy groups -OCH3 is 1. The van der Waals surface area contributed by atoms with Crippen molar-refractivity contribution in [2.24, 2.45) is 11.7 Å². The molecule has 0 unspecified atom stereocenters. The van der Waals surface area contributed by atoms with Crippen LogP contribution in [0.15, 0.2) is 43.1 Å². The van der Waals surface area contributed by atoms with E-state index in [1.54, 1.807) is 19.4 Å². The molecule has 1 fully saturated rings. The number of nitrogens with zero attached hydrogens (tertiary/aromatic N) is 1. The standard InChI is InChI=1S/C21H27N3O3/c1-15(22)18-4-6-21(24-14-18)27-19-5-3-17(11-20(19)25-2)13-23-12-16-7-9-26-10-8-16/h3-6,11,14,16,23H,1,7-10,12-13,22H2,2H3. The van der Waals surface area contributed by atoms with Crippen molar-refractivity contribution in [2.75, 3.05) is 26.9 Å². The van der Waals surface area contributed by atoms with Gasteiger partial charge in [0.05, 0.1) is 7.11 Å². The van der Waals surface area contributed by atoms with E-state index in [2.05, 4.69) is 16.9 Å². The molecule has 0 spiro atoms. The molecule has 0 bridgehead atoms. The number of rotatable bonds is 8. The van der Waals surface area contributed by atoms with E-state index in [0.717, 1.165) is 50.3 Å². The Morgan fingerprint density at radius 1 is 1.26 bits per heavy atom. The molecule has 2 aromatic rings. The zero-order valence-corrected chi connectivity index (χ0v) is 15.7. The zero-order chi connectivity index (χ0) is 19.1. The molecular formula is C21H27N3O3. The number of benzene rings is 1. The fraction of sp³-hybridized carbons (Fsp3) is 0.381. The van der Waals surface area contributed by atoms with Crippen LogP contribution in [-0.2, 0) is 11.3 Å². The SMILES string of the molecule is C=C(N)c1ccc(Oc2ccc(CNCC3CCOCC3)cc2OC)nc1. The Morgan fingerprint density at radius 3 is 2.74 bits per heavy atom. The summed E-state index contributed by atoms with van der Waals surface area (Å²) in [6.07, 6.45) is 3.90. The van der Waals surface area contributed by atoms with E-state index >= 15 is 0 Å². The average Bonchev–Trinajstić information content (AvgIpc) is 2.70. The number of ether oxygens (including phenoxy) is 3. The lowest BCUT2D eigenvalue weighted by Crippen LogP contribution is -2.27. The fourth-order valence-electron chi connectivity index (χ4n) is 3.02. The maximum atomic E-state index is 5.85. The Hall–Kier alpha value is -2.57. The third-order valence-corrected chi connectivity index (χ3v) is 4.65. The van der Waals surface area contributed by atoms with E-state index < -0.39 is 0 Å². The molecule has 0 amide bonds. The lowest BCUT2D eigenvalue weighted by Gasteiger charge is -2.22. The van der Waals surface area contributed by atoms with Gasteiger partial charge in [-0.3, -0.25) is 0 Å². The minimum atomic E-state index is 0.476. The topological polar surface area (TPSA) is 78.6 Å². The first-order valence-electron chi connectivity index (χ1n) is 9.19. The van der Waals surface area contributed by atoms with Gasteiger partial charge in [0, 0.05) is 43.3 Å². The van der Waals surface area contributed by atoms with Crippen molar-refractivity contribution in [3.05, 3.63) is 54.2 Å². The third-order valence-electron chi connectivity index (χ3n) is 4.65. The summed E-state index contributed by atoms with van der Waals surface area (Å²) in [6.45, 7) is 7.24. The van der Waals surface area contributed by atoms with Crippen molar-refractivity contribution in [1.82, 2.24) is 10.3 Å². The summed E-state index contributed by atoms with van der Waals surface area (Å²) in [7, 11) is 1.64. The normalized spacial score (nSPS) is 14.7. The van der Waals surface area contributed by atoms with Crippen molar-refractivity contribution >= 4 is 5.70 Å². The minimum absolute atomic E-state index is 0.476.